The van der Waals surface area contributed by atoms with Gasteiger partial charge in [-0.2, -0.15) is 0 Å². The fourth-order valence-corrected chi connectivity index (χ4v) is 2.49. The van der Waals surface area contributed by atoms with E-state index in [0.29, 0.717) is 12.0 Å². The molecule has 0 aromatic carbocycles. The van der Waals surface area contributed by atoms with Gasteiger partial charge >= 0.3 is 6.09 Å². The molecule has 0 N–H and O–H groups in total. The van der Waals surface area contributed by atoms with Crippen molar-refractivity contribution in [3.05, 3.63) is 0 Å². The van der Waals surface area contributed by atoms with Crippen molar-refractivity contribution in [2.75, 3.05) is 26.7 Å². The van der Waals surface area contributed by atoms with Gasteiger partial charge in [0.15, 0.2) is 0 Å². The van der Waals surface area contributed by atoms with Crippen molar-refractivity contribution in [3.63, 3.8) is 0 Å². The van der Waals surface area contributed by atoms with E-state index in [9.17, 15) is 4.79 Å². The van der Waals surface area contributed by atoms with E-state index in [2.05, 4.69) is 18.7 Å². The molecule has 1 fully saturated rings. The molecule has 1 amide bonds. The normalized spacial score (nSPS) is 18.7. The molecule has 1 saturated heterocycles. The summed E-state index contributed by atoms with van der Waals surface area (Å²) in [6, 6.07) is 0.318. The number of hydrogen-bond acceptors (Lipinski definition) is 3. The Hall–Kier alpha value is -0.770. The smallest absolute Gasteiger partial charge is 0.410 e. The number of nitrogens with zero attached hydrogens (tertiary/aromatic N) is 2. The summed E-state index contributed by atoms with van der Waals surface area (Å²) in [5.74, 6) is 0.708. The van der Waals surface area contributed by atoms with Gasteiger partial charge in [-0.05, 0) is 39.5 Å². The van der Waals surface area contributed by atoms with Gasteiger partial charge in [0.05, 0.1) is 0 Å². The number of ether oxygens (including phenoxy) is 1. The Bertz CT molecular complexity index is 289. The Labute approximate surface area is 118 Å². The fourth-order valence-electron chi connectivity index (χ4n) is 2.49. The van der Waals surface area contributed by atoms with Gasteiger partial charge in [-0.15, -0.1) is 0 Å². The molecule has 0 spiro atoms. The van der Waals surface area contributed by atoms with Crippen molar-refractivity contribution >= 4 is 6.09 Å². The lowest BCUT2D eigenvalue weighted by Gasteiger charge is -2.37. The van der Waals surface area contributed by atoms with Crippen molar-refractivity contribution in [1.29, 1.82) is 0 Å². The second-order valence-electron chi connectivity index (χ2n) is 7.02. The standard InChI is InChI=1S/C15H30N2O2/c1-12(2)11-17-9-7-13(8-10-17)16(6)14(18)19-15(3,4)5/h12-13H,7-11H2,1-6H3. The highest BCUT2D eigenvalue weighted by atomic mass is 16.6. The van der Waals surface area contributed by atoms with Gasteiger partial charge in [0.1, 0.15) is 5.60 Å². The van der Waals surface area contributed by atoms with Gasteiger partial charge in [-0.25, -0.2) is 4.79 Å². The van der Waals surface area contributed by atoms with Gasteiger partial charge in [0, 0.05) is 32.7 Å². The highest BCUT2D eigenvalue weighted by Gasteiger charge is 2.28. The summed E-state index contributed by atoms with van der Waals surface area (Å²) in [5.41, 5.74) is -0.413. The van der Waals surface area contributed by atoms with Crippen molar-refractivity contribution < 1.29 is 9.53 Å². The van der Waals surface area contributed by atoms with E-state index >= 15 is 0 Å². The van der Waals surface area contributed by atoms with Crippen LogP contribution in [0.5, 0.6) is 0 Å². The van der Waals surface area contributed by atoms with E-state index in [-0.39, 0.29) is 6.09 Å². The van der Waals surface area contributed by atoms with Gasteiger partial charge in [-0.1, -0.05) is 13.8 Å². The molecule has 112 valence electrons. The molecular formula is C15H30N2O2. The van der Waals surface area contributed by atoms with Crippen LogP contribution in [0.25, 0.3) is 0 Å². The maximum absolute atomic E-state index is 12.0. The highest BCUT2D eigenvalue weighted by Crippen LogP contribution is 2.18. The van der Waals surface area contributed by atoms with E-state index < -0.39 is 5.60 Å². The molecule has 19 heavy (non-hydrogen) atoms. The molecule has 0 aliphatic carbocycles. The van der Waals surface area contributed by atoms with E-state index in [0.717, 1.165) is 32.5 Å². The van der Waals surface area contributed by atoms with E-state index in [4.69, 9.17) is 4.74 Å². The van der Waals surface area contributed by atoms with Crippen LogP contribution in [0.4, 0.5) is 4.79 Å². The van der Waals surface area contributed by atoms with Crippen LogP contribution in [0, 0.1) is 5.92 Å². The van der Waals surface area contributed by atoms with Crippen LogP contribution < -0.4 is 0 Å². The van der Waals surface area contributed by atoms with Gasteiger partial charge < -0.3 is 14.5 Å². The number of piperidine rings is 1. The molecule has 1 aliphatic rings. The van der Waals surface area contributed by atoms with Crippen LogP contribution in [0.15, 0.2) is 0 Å². The Morgan fingerprint density at radius 3 is 2.26 bits per heavy atom. The number of amides is 1. The van der Waals surface area contributed by atoms with Crippen LogP contribution in [0.1, 0.15) is 47.5 Å². The molecule has 1 rings (SSSR count). The predicted molar refractivity (Wildman–Crippen MR) is 78.3 cm³/mol. The molecule has 4 heteroatoms. The highest BCUT2D eigenvalue weighted by molar-refractivity contribution is 5.68. The molecule has 0 aromatic rings. The SMILES string of the molecule is CC(C)CN1CCC(N(C)C(=O)OC(C)(C)C)CC1. The Balaban J connectivity index is 2.40. The summed E-state index contributed by atoms with van der Waals surface area (Å²) < 4.78 is 5.42. The molecular weight excluding hydrogens is 240 g/mol. The minimum absolute atomic E-state index is 0.199. The fraction of sp³-hybridized carbons (Fsp3) is 0.933. The van der Waals surface area contributed by atoms with Gasteiger partial charge in [-0.3, -0.25) is 0 Å². The molecule has 0 aromatic heterocycles. The molecule has 0 saturated carbocycles. The lowest BCUT2D eigenvalue weighted by Crippen LogP contribution is -2.47. The first-order chi connectivity index (χ1) is 8.69. The zero-order valence-corrected chi connectivity index (χ0v) is 13.4. The minimum Gasteiger partial charge on any atom is -0.444 e. The summed E-state index contributed by atoms with van der Waals surface area (Å²) in [7, 11) is 1.86. The molecule has 0 bridgehead atoms. The zero-order valence-electron chi connectivity index (χ0n) is 13.4. The molecule has 0 radical (unpaired) electrons. The second-order valence-corrected chi connectivity index (χ2v) is 7.02. The monoisotopic (exact) mass is 270 g/mol. The lowest BCUT2D eigenvalue weighted by atomic mass is 10.0. The van der Waals surface area contributed by atoms with Crippen LogP contribution >= 0.6 is 0 Å². The molecule has 0 atom stereocenters. The lowest BCUT2D eigenvalue weighted by molar-refractivity contribution is 0.0148. The number of likely N-dealkylation sites (tertiary alicyclic amines) is 1. The van der Waals surface area contributed by atoms with Crippen LogP contribution in [0.3, 0.4) is 0 Å². The van der Waals surface area contributed by atoms with Crippen molar-refractivity contribution in [3.8, 4) is 0 Å². The maximum Gasteiger partial charge on any atom is 0.410 e. The summed E-state index contributed by atoms with van der Waals surface area (Å²) in [4.78, 5) is 16.3. The average Bonchev–Trinajstić information content (AvgIpc) is 2.26. The Morgan fingerprint density at radius 2 is 1.84 bits per heavy atom. The third-order valence-corrected chi connectivity index (χ3v) is 3.41. The summed E-state index contributed by atoms with van der Waals surface area (Å²) in [6.07, 6.45) is 1.89. The Morgan fingerprint density at radius 1 is 1.32 bits per heavy atom. The van der Waals surface area contributed by atoms with E-state index in [1.807, 2.05) is 27.8 Å². The minimum atomic E-state index is -0.413. The zero-order chi connectivity index (χ0) is 14.6. The summed E-state index contributed by atoms with van der Waals surface area (Å²) in [5, 5.41) is 0. The first-order valence-electron chi connectivity index (χ1n) is 7.37. The molecule has 4 nitrogen and oxygen atoms in total. The number of carbonyl (C=O) groups excluding carboxylic acids is 1. The van der Waals surface area contributed by atoms with Gasteiger partial charge in [0.2, 0.25) is 0 Å². The first-order valence-corrected chi connectivity index (χ1v) is 7.37. The van der Waals surface area contributed by atoms with Crippen LogP contribution in [-0.4, -0.2) is 54.2 Å². The maximum atomic E-state index is 12.0. The third-order valence-electron chi connectivity index (χ3n) is 3.41. The van der Waals surface area contributed by atoms with Crippen molar-refractivity contribution in [2.45, 2.75) is 59.1 Å². The van der Waals surface area contributed by atoms with E-state index in [1.54, 1.807) is 4.90 Å². The predicted octanol–water partition coefficient (Wildman–Crippen LogP) is 2.97. The van der Waals surface area contributed by atoms with Crippen molar-refractivity contribution in [2.24, 2.45) is 5.92 Å². The molecule has 1 heterocycles. The van der Waals surface area contributed by atoms with Crippen LogP contribution in [-0.2, 0) is 4.74 Å². The average molecular weight is 270 g/mol. The molecule has 0 unspecified atom stereocenters. The quantitative estimate of drug-likeness (QED) is 0.790. The second kappa shape index (κ2) is 6.60. The summed E-state index contributed by atoms with van der Waals surface area (Å²) in [6.45, 7) is 13.5. The topological polar surface area (TPSA) is 32.8 Å². The third kappa shape index (κ3) is 5.81. The number of hydrogen-bond donors (Lipinski definition) is 0. The van der Waals surface area contributed by atoms with Crippen LogP contribution in [0.2, 0.25) is 0 Å². The molecule has 1 aliphatic heterocycles. The first kappa shape index (κ1) is 16.3. The Kier molecular flexibility index (Phi) is 5.65. The largest absolute Gasteiger partial charge is 0.444 e. The van der Waals surface area contributed by atoms with E-state index in [1.165, 1.54) is 0 Å². The number of carbonyl (C=O) groups is 1. The summed E-state index contributed by atoms with van der Waals surface area (Å²) >= 11 is 0. The van der Waals surface area contributed by atoms with Crippen molar-refractivity contribution in [1.82, 2.24) is 9.80 Å². The number of rotatable bonds is 3. The van der Waals surface area contributed by atoms with Gasteiger partial charge in [0.25, 0.3) is 0 Å².